The summed E-state index contributed by atoms with van der Waals surface area (Å²) in [5.41, 5.74) is 5.00. The van der Waals surface area contributed by atoms with E-state index in [-0.39, 0.29) is 18.7 Å². The molecule has 0 saturated heterocycles. The molecular formula is C24H23N7O2. The SMILES string of the molecule is CN1CCc2cc(Nc3ncc4c(=O)n5c(nc4n3)c3ccccc3n5CCO)ccc2C1. The van der Waals surface area contributed by atoms with Gasteiger partial charge in [0.1, 0.15) is 5.39 Å². The average molecular weight is 441 g/mol. The van der Waals surface area contributed by atoms with Crippen molar-refractivity contribution in [1.82, 2.24) is 29.0 Å². The molecule has 0 saturated carbocycles. The van der Waals surface area contributed by atoms with Crippen molar-refractivity contribution in [3.05, 3.63) is 70.1 Å². The third-order valence-corrected chi connectivity index (χ3v) is 6.25. The molecular weight excluding hydrogens is 418 g/mol. The van der Waals surface area contributed by atoms with E-state index in [1.807, 2.05) is 30.3 Å². The Morgan fingerprint density at radius 3 is 2.85 bits per heavy atom. The fourth-order valence-electron chi connectivity index (χ4n) is 4.64. The maximum atomic E-state index is 13.3. The summed E-state index contributed by atoms with van der Waals surface area (Å²) in [5, 5.41) is 14.0. The lowest BCUT2D eigenvalue weighted by atomic mass is 9.99. The topological polar surface area (TPSA) is 101 Å². The van der Waals surface area contributed by atoms with Gasteiger partial charge in [-0.05, 0) is 48.9 Å². The van der Waals surface area contributed by atoms with E-state index in [9.17, 15) is 9.90 Å². The lowest BCUT2D eigenvalue weighted by Gasteiger charge is -2.25. The molecule has 3 aromatic heterocycles. The van der Waals surface area contributed by atoms with Crippen LogP contribution in [0, 0.1) is 0 Å². The number of rotatable bonds is 4. The van der Waals surface area contributed by atoms with Crippen LogP contribution < -0.4 is 10.9 Å². The number of nitrogens with one attached hydrogen (secondary N) is 1. The van der Waals surface area contributed by atoms with Crippen molar-refractivity contribution in [2.45, 2.75) is 19.5 Å². The maximum Gasteiger partial charge on any atom is 0.283 e. The number of aliphatic hydroxyl groups excluding tert-OH is 1. The molecule has 0 bridgehead atoms. The molecule has 0 unspecified atom stereocenters. The van der Waals surface area contributed by atoms with Crippen LogP contribution in [0.4, 0.5) is 11.6 Å². The second-order valence-corrected chi connectivity index (χ2v) is 8.44. The number of aliphatic hydroxyl groups is 1. The van der Waals surface area contributed by atoms with E-state index in [1.54, 1.807) is 4.68 Å². The molecule has 0 aliphatic carbocycles. The quantitative estimate of drug-likeness (QED) is 0.441. The number of benzene rings is 2. The number of anilines is 2. The fraction of sp³-hybridized carbons (Fsp3) is 0.250. The highest BCUT2D eigenvalue weighted by Gasteiger charge is 2.17. The Hall–Kier alpha value is -3.82. The fourth-order valence-corrected chi connectivity index (χ4v) is 4.64. The van der Waals surface area contributed by atoms with Crippen LogP contribution in [0.25, 0.3) is 27.6 Å². The molecule has 4 heterocycles. The van der Waals surface area contributed by atoms with Gasteiger partial charge >= 0.3 is 0 Å². The molecule has 2 aromatic carbocycles. The van der Waals surface area contributed by atoms with Gasteiger partial charge in [-0.15, -0.1) is 0 Å². The third kappa shape index (κ3) is 3.24. The number of para-hydroxylation sites is 1. The first-order valence-electron chi connectivity index (χ1n) is 11.0. The average Bonchev–Trinajstić information content (AvgIpc) is 3.13. The van der Waals surface area contributed by atoms with Gasteiger partial charge in [-0.25, -0.2) is 9.97 Å². The summed E-state index contributed by atoms with van der Waals surface area (Å²) in [7, 11) is 2.13. The summed E-state index contributed by atoms with van der Waals surface area (Å²) in [5.74, 6) is 0.394. The van der Waals surface area contributed by atoms with Crippen molar-refractivity contribution < 1.29 is 5.11 Å². The van der Waals surface area contributed by atoms with Crippen LogP contribution in [-0.2, 0) is 19.5 Å². The molecule has 0 radical (unpaired) electrons. The summed E-state index contributed by atoms with van der Waals surface area (Å²) >= 11 is 0. The smallest absolute Gasteiger partial charge is 0.283 e. The van der Waals surface area contributed by atoms with E-state index in [4.69, 9.17) is 4.98 Å². The predicted octanol–water partition coefficient (Wildman–Crippen LogP) is 2.32. The molecule has 6 rings (SSSR count). The summed E-state index contributed by atoms with van der Waals surface area (Å²) in [6, 6.07) is 13.9. The number of aromatic nitrogens is 5. The minimum Gasteiger partial charge on any atom is -0.394 e. The van der Waals surface area contributed by atoms with Gasteiger partial charge in [0.25, 0.3) is 5.56 Å². The molecule has 9 nitrogen and oxygen atoms in total. The zero-order chi connectivity index (χ0) is 22.5. The molecule has 1 aliphatic heterocycles. The Kier molecular flexibility index (Phi) is 4.60. The van der Waals surface area contributed by atoms with Gasteiger partial charge in [-0.3, -0.25) is 9.48 Å². The molecule has 0 atom stereocenters. The molecule has 1 aliphatic rings. The molecule has 9 heteroatoms. The molecule has 33 heavy (non-hydrogen) atoms. The van der Waals surface area contributed by atoms with Gasteiger partial charge in [0, 0.05) is 30.4 Å². The van der Waals surface area contributed by atoms with Crippen molar-refractivity contribution in [1.29, 1.82) is 0 Å². The zero-order valence-electron chi connectivity index (χ0n) is 18.2. The molecule has 0 spiro atoms. The van der Waals surface area contributed by atoms with Gasteiger partial charge in [-0.2, -0.15) is 9.50 Å². The second-order valence-electron chi connectivity index (χ2n) is 8.44. The molecule has 0 fully saturated rings. The van der Waals surface area contributed by atoms with Crippen LogP contribution in [-0.4, -0.2) is 54.4 Å². The van der Waals surface area contributed by atoms with Crippen molar-refractivity contribution >= 4 is 39.2 Å². The van der Waals surface area contributed by atoms with Crippen LogP contribution in [0.3, 0.4) is 0 Å². The molecule has 5 aromatic rings. The van der Waals surface area contributed by atoms with Gasteiger partial charge in [-0.1, -0.05) is 18.2 Å². The number of fused-ring (bicyclic) bond motifs is 5. The predicted molar refractivity (Wildman–Crippen MR) is 127 cm³/mol. The van der Waals surface area contributed by atoms with Gasteiger partial charge in [0.2, 0.25) is 5.95 Å². The molecule has 0 amide bonds. The molecule has 166 valence electrons. The Balaban J connectivity index is 1.45. The standard InChI is InChI=1S/C24H23N7O2/c1-29-9-8-15-12-17(7-6-16(15)14-29)26-24-25-13-19-21(28-24)27-22-18-4-2-3-5-20(18)30(10-11-32)31(22)23(19)33/h2-7,12-13,32H,8-11,14H2,1H3,(H,25,26,28). The lowest BCUT2D eigenvalue weighted by molar-refractivity contribution is 0.268. The van der Waals surface area contributed by atoms with E-state index in [0.29, 0.717) is 22.6 Å². The van der Waals surface area contributed by atoms with E-state index < -0.39 is 0 Å². The Labute approximate surface area is 188 Å². The van der Waals surface area contributed by atoms with E-state index in [1.165, 1.54) is 21.8 Å². The maximum absolute atomic E-state index is 13.3. The van der Waals surface area contributed by atoms with Crippen LogP contribution in [0.1, 0.15) is 11.1 Å². The van der Waals surface area contributed by atoms with Crippen LogP contribution in [0.2, 0.25) is 0 Å². The van der Waals surface area contributed by atoms with Gasteiger partial charge < -0.3 is 15.3 Å². The number of hydrogen-bond donors (Lipinski definition) is 2. The minimum absolute atomic E-state index is 0.0886. The lowest BCUT2D eigenvalue weighted by Crippen LogP contribution is -2.26. The summed E-state index contributed by atoms with van der Waals surface area (Å²) in [4.78, 5) is 29.3. The van der Waals surface area contributed by atoms with Crippen molar-refractivity contribution in [2.75, 3.05) is 25.5 Å². The van der Waals surface area contributed by atoms with Crippen molar-refractivity contribution in [3.63, 3.8) is 0 Å². The summed E-state index contributed by atoms with van der Waals surface area (Å²) in [6.07, 6.45) is 2.52. The van der Waals surface area contributed by atoms with Gasteiger partial charge in [0.05, 0.1) is 18.7 Å². The number of nitrogens with zero attached hydrogens (tertiary/aromatic N) is 6. The largest absolute Gasteiger partial charge is 0.394 e. The zero-order valence-corrected chi connectivity index (χ0v) is 18.2. The van der Waals surface area contributed by atoms with Crippen LogP contribution in [0.15, 0.2) is 53.5 Å². The van der Waals surface area contributed by atoms with Crippen LogP contribution >= 0.6 is 0 Å². The highest BCUT2D eigenvalue weighted by molar-refractivity contribution is 5.94. The second kappa shape index (κ2) is 7.65. The first kappa shape index (κ1) is 19.8. The summed E-state index contributed by atoms with van der Waals surface area (Å²) < 4.78 is 3.25. The van der Waals surface area contributed by atoms with Crippen molar-refractivity contribution in [2.24, 2.45) is 0 Å². The first-order chi connectivity index (χ1) is 16.1. The van der Waals surface area contributed by atoms with E-state index >= 15 is 0 Å². The third-order valence-electron chi connectivity index (χ3n) is 6.25. The number of likely N-dealkylation sites (N-methyl/N-ethyl adjacent to an activating group) is 1. The Bertz CT molecular complexity index is 1590. The highest BCUT2D eigenvalue weighted by atomic mass is 16.3. The van der Waals surface area contributed by atoms with Crippen molar-refractivity contribution in [3.8, 4) is 0 Å². The normalized spacial score (nSPS) is 14.2. The monoisotopic (exact) mass is 441 g/mol. The minimum atomic E-state index is -0.260. The Morgan fingerprint density at radius 2 is 1.97 bits per heavy atom. The summed E-state index contributed by atoms with van der Waals surface area (Å²) in [6.45, 7) is 2.19. The van der Waals surface area contributed by atoms with Gasteiger partial charge in [0.15, 0.2) is 11.3 Å². The van der Waals surface area contributed by atoms with E-state index in [0.717, 1.165) is 36.1 Å². The molecule has 2 N–H and O–H groups in total. The van der Waals surface area contributed by atoms with Crippen LogP contribution in [0.5, 0.6) is 0 Å². The first-order valence-corrected chi connectivity index (χ1v) is 11.0. The Morgan fingerprint density at radius 1 is 1.09 bits per heavy atom. The van der Waals surface area contributed by atoms with E-state index in [2.05, 4.69) is 39.4 Å². The highest BCUT2D eigenvalue weighted by Crippen LogP contribution is 2.24. The number of hydrogen-bond acceptors (Lipinski definition) is 7.